The van der Waals surface area contributed by atoms with E-state index in [9.17, 15) is 32.5 Å². The van der Waals surface area contributed by atoms with Gasteiger partial charge in [0.05, 0.1) is 24.1 Å². The molecule has 172 valence electrons. The summed E-state index contributed by atoms with van der Waals surface area (Å²) in [7, 11) is 1.24. The molecule has 0 bridgehead atoms. The monoisotopic (exact) mass is 457 g/mol. The SMILES string of the molecule is COC[C@@H](c1cc(F)c(OCc2ccccc2)c([N+](=O)[O-])c1)N1C[C@@H](C(F)(F)F)NC1=O. The Hall–Kier alpha value is -3.41. The Morgan fingerprint density at radius 1 is 1.28 bits per heavy atom. The molecule has 0 aliphatic carbocycles. The minimum absolute atomic E-state index is 0.0962. The lowest BCUT2D eigenvalue weighted by atomic mass is 10.0. The fourth-order valence-electron chi connectivity index (χ4n) is 3.34. The van der Waals surface area contributed by atoms with Gasteiger partial charge >= 0.3 is 17.9 Å². The molecule has 1 N–H and O–H groups in total. The second-order valence-electron chi connectivity index (χ2n) is 7.05. The van der Waals surface area contributed by atoms with Crippen molar-refractivity contribution in [1.82, 2.24) is 10.2 Å². The summed E-state index contributed by atoms with van der Waals surface area (Å²) in [6, 6.07) is 6.09. The fraction of sp³-hybridized carbons (Fsp3) is 0.350. The molecule has 2 aromatic rings. The molecule has 3 rings (SSSR count). The number of amides is 2. The number of methoxy groups -OCH3 is 1. The molecule has 8 nitrogen and oxygen atoms in total. The number of hydrogen-bond donors (Lipinski definition) is 1. The molecule has 2 atom stereocenters. The first-order valence-electron chi connectivity index (χ1n) is 9.39. The summed E-state index contributed by atoms with van der Waals surface area (Å²) in [4.78, 5) is 23.7. The highest BCUT2D eigenvalue weighted by Gasteiger charge is 2.48. The molecule has 32 heavy (non-hydrogen) atoms. The lowest BCUT2D eigenvalue weighted by Gasteiger charge is -2.27. The molecule has 2 amide bonds. The predicted molar refractivity (Wildman–Crippen MR) is 104 cm³/mol. The normalized spacial score (nSPS) is 17.2. The third-order valence-corrected chi connectivity index (χ3v) is 4.89. The molecule has 1 aliphatic heterocycles. The molecule has 0 spiro atoms. The van der Waals surface area contributed by atoms with Gasteiger partial charge in [-0.05, 0) is 17.2 Å². The zero-order valence-electron chi connectivity index (χ0n) is 16.8. The van der Waals surface area contributed by atoms with Crippen LogP contribution in [0.5, 0.6) is 5.75 Å². The Labute approximate surface area is 179 Å². The number of hydrogen-bond acceptors (Lipinski definition) is 5. The van der Waals surface area contributed by atoms with E-state index < -0.39 is 53.0 Å². The van der Waals surface area contributed by atoms with Crippen molar-refractivity contribution < 1.29 is 36.8 Å². The number of carbonyl (C=O) groups excluding carboxylic acids is 1. The lowest BCUT2D eigenvalue weighted by Crippen LogP contribution is -2.40. The second kappa shape index (κ2) is 9.39. The van der Waals surface area contributed by atoms with Gasteiger partial charge in [-0.3, -0.25) is 10.1 Å². The van der Waals surface area contributed by atoms with E-state index in [0.717, 1.165) is 17.0 Å². The van der Waals surface area contributed by atoms with Crippen LogP contribution in [0, 0.1) is 15.9 Å². The first-order valence-corrected chi connectivity index (χ1v) is 9.39. The fourth-order valence-corrected chi connectivity index (χ4v) is 3.34. The maximum Gasteiger partial charge on any atom is 0.410 e. The van der Waals surface area contributed by atoms with E-state index in [1.165, 1.54) is 7.11 Å². The molecule has 0 radical (unpaired) electrons. The molecule has 12 heteroatoms. The summed E-state index contributed by atoms with van der Waals surface area (Å²) in [5.41, 5.74) is -0.167. The number of carbonyl (C=O) groups is 1. The Balaban J connectivity index is 1.93. The number of nitrogens with zero attached hydrogens (tertiary/aromatic N) is 2. The minimum Gasteiger partial charge on any atom is -0.480 e. The van der Waals surface area contributed by atoms with Gasteiger partial charge in [0.25, 0.3) is 0 Å². The molecule has 1 heterocycles. The van der Waals surface area contributed by atoms with Crippen molar-refractivity contribution in [2.75, 3.05) is 20.3 Å². The highest BCUT2D eigenvalue weighted by atomic mass is 19.4. The number of nitro groups is 1. The number of nitrogens with one attached hydrogen (secondary N) is 1. The second-order valence-corrected chi connectivity index (χ2v) is 7.05. The van der Waals surface area contributed by atoms with Crippen LogP contribution in [0.2, 0.25) is 0 Å². The number of benzene rings is 2. The third-order valence-electron chi connectivity index (χ3n) is 4.89. The van der Waals surface area contributed by atoms with Crippen molar-refractivity contribution >= 4 is 11.7 Å². The van der Waals surface area contributed by atoms with Crippen LogP contribution in [-0.2, 0) is 11.3 Å². The smallest absolute Gasteiger partial charge is 0.410 e. The van der Waals surface area contributed by atoms with E-state index in [1.807, 2.05) is 5.32 Å². The van der Waals surface area contributed by atoms with Crippen LogP contribution < -0.4 is 10.1 Å². The molecule has 1 fully saturated rings. The van der Waals surface area contributed by atoms with Gasteiger partial charge < -0.3 is 19.7 Å². The van der Waals surface area contributed by atoms with Crippen LogP contribution in [0.25, 0.3) is 0 Å². The standard InChI is InChI=1S/C20H19F4N3O5/c1-31-11-16(26-9-17(20(22,23)24)25-19(26)28)13-7-14(21)18(15(8-13)27(29)30)32-10-12-5-3-2-4-6-12/h2-8,16-17H,9-11H2,1H3,(H,25,28)/t16-,17-/m0/s1. The number of urea groups is 1. The third kappa shape index (κ3) is 5.07. The van der Waals surface area contributed by atoms with Crippen LogP contribution in [0.4, 0.5) is 28.0 Å². The average molecular weight is 457 g/mol. The first-order chi connectivity index (χ1) is 15.1. The van der Waals surface area contributed by atoms with Crippen LogP contribution in [-0.4, -0.2) is 48.3 Å². The van der Waals surface area contributed by atoms with E-state index in [2.05, 4.69) is 0 Å². The summed E-state index contributed by atoms with van der Waals surface area (Å²) in [5.74, 6) is -1.70. The predicted octanol–water partition coefficient (Wildman–Crippen LogP) is 3.96. The first kappa shape index (κ1) is 23.3. The number of ether oxygens (including phenoxy) is 2. The van der Waals surface area contributed by atoms with Crippen molar-refractivity contribution in [3.05, 3.63) is 69.5 Å². The quantitative estimate of drug-likeness (QED) is 0.368. The lowest BCUT2D eigenvalue weighted by molar-refractivity contribution is -0.386. The molecule has 1 aliphatic rings. The van der Waals surface area contributed by atoms with Crippen molar-refractivity contribution in [3.63, 3.8) is 0 Å². The van der Waals surface area contributed by atoms with Crippen LogP contribution >= 0.6 is 0 Å². The highest BCUT2D eigenvalue weighted by Crippen LogP contribution is 2.37. The van der Waals surface area contributed by atoms with Gasteiger partial charge in [0.15, 0.2) is 5.82 Å². The molecule has 0 unspecified atom stereocenters. The molecule has 0 saturated carbocycles. The van der Waals surface area contributed by atoms with Gasteiger partial charge in [0.2, 0.25) is 5.75 Å². The number of halogens is 4. The van der Waals surface area contributed by atoms with E-state index in [-0.39, 0.29) is 18.8 Å². The van der Waals surface area contributed by atoms with Crippen molar-refractivity contribution in [3.8, 4) is 5.75 Å². The van der Waals surface area contributed by atoms with Gasteiger partial charge in [-0.1, -0.05) is 30.3 Å². The molecule has 2 aromatic carbocycles. The summed E-state index contributed by atoms with van der Waals surface area (Å²) in [5, 5.41) is 13.4. The van der Waals surface area contributed by atoms with E-state index in [0.29, 0.717) is 5.56 Å². The van der Waals surface area contributed by atoms with E-state index in [4.69, 9.17) is 9.47 Å². The molecule has 0 aromatic heterocycles. The number of alkyl halides is 3. The molecular weight excluding hydrogens is 438 g/mol. The van der Waals surface area contributed by atoms with Gasteiger partial charge in [-0.2, -0.15) is 13.2 Å². The maximum absolute atomic E-state index is 14.9. The largest absolute Gasteiger partial charge is 0.480 e. The Morgan fingerprint density at radius 2 is 1.97 bits per heavy atom. The average Bonchev–Trinajstić information content (AvgIpc) is 3.13. The topological polar surface area (TPSA) is 93.9 Å². The Kier molecular flexibility index (Phi) is 6.82. The molecular formula is C20H19F4N3O5. The summed E-state index contributed by atoms with van der Waals surface area (Å²) in [6.45, 7) is -1.20. The van der Waals surface area contributed by atoms with Crippen LogP contribution in [0.3, 0.4) is 0 Å². The van der Waals surface area contributed by atoms with Gasteiger partial charge in [-0.15, -0.1) is 0 Å². The summed E-state index contributed by atoms with van der Waals surface area (Å²) < 4.78 is 64.3. The van der Waals surface area contributed by atoms with E-state index in [1.54, 1.807) is 30.3 Å². The summed E-state index contributed by atoms with van der Waals surface area (Å²) >= 11 is 0. The van der Waals surface area contributed by atoms with Crippen molar-refractivity contribution in [1.29, 1.82) is 0 Å². The summed E-state index contributed by atoms with van der Waals surface area (Å²) in [6.07, 6.45) is -4.69. The number of nitro benzene ring substituents is 1. The Bertz CT molecular complexity index is 987. The van der Waals surface area contributed by atoms with Gasteiger partial charge in [0.1, 0.15) is 12.6 Å². The van der Waals surface area contributed by atoms with Gasteiger partial charge in [-0.25, -0.2) is 9.18 Å². The molecule has 1 saturated heterocycles. The zero-order chi connectivity index (χ0) is 23.5. The van der Waals surface area contributed by atoms with Crippen molar-refractivity contribution in [2.45, 2.75) is 24.9 Å². The van der Waals surface area contributed by atoms with Gasteiger partial charge in [0, 0.05) is 13.2 Å². The number of rotatable bonds is 8. The maximum atomic E-state index is 14.9. The van der Waals surface area contributed by atoms with Crippen molar-refractivity contribution in [2.24, 2.45) is 0 Å². The van der Waals surface area contributed by atoms with E-state index >= 15 is 0 Å². The Morgan fingerprint density at radius 3 is 2.53 bits per heavy atom. The highest BCUT2D eigenvalue weighted by molar-refractivity contribution is 5.77. The van der Waals surface area contributed by atoms with Crippen LogP contribution in [0.15, 0.2) is 42.5 Å². The minimum atomic E-state index is -4.69. The van der Waals surface area contributed by atoms with Crippen LogP contribution in [0.1, 0.15) is 17.2 Å². The zero-order valence-corrected chi connectivity index (χ0v) is 16.8.